The van der Waals surface area contributed by atoms with Crippen LogP contribution in [0.1, 0.15) is 35.7 Å². The normalized spacial score (nSPS) is 11.6. The molecule has 0 saturated carbocycles. The van der Waals surface area contributed by atoms with Crippen molar-refractivity contribution < 1.29 is 19.1 Å². The quantitative estimate of drug-likeness (QED) is 0.335. The van der Waals surface area contributed by atoms with Crippen molar-refractivity contribution in [2.24, 2.45) is 0 Å². The molecule has 132 valence electrons. The number of aryl methyl sites for hydroxylation is 1. The van der Waals surface area contributed by atoms with E-state index in [2.05, 4.69) is 22.6 Å². The van der Waals surface area contributed by atoms with Crippen LogP contribution in [0, 0.1) is 10.5 Å². The first kappa shape index (κ1) is 19.4. The van der Waals surface area contributed by atoms with E-state index in [9.17, 15) is 9.59 Å². The van der Waals surface area contributed by atoms with Crippen molar-refractivity contribution in [2.45, 2.75) is 32.8 Å². The second-order valence-electron chi connectivity index (χ2n) is 5.61. The lowest BCUT2D eigenvalue weighted by molar-refractivity contribution is -0.143. The van der Waals surface area contributed by atoms with Gasteiger partial charge >= 0.3 is 5.97 Å². The minimum absolute atomic E-state index is 0.135. The highest BCUT2D eigenvalue weighted by molar-refractivity contribution is 14.1. The topological polar surface area (TPSA) is 52.6 Å². The van der Waals surface area contributed by atoms with Crippen LogP contribution < -0.4 is 4.74 Å². The molecule has 2 aromatic rings. The first-order valence-corrected chi connectivity index (χ1v) is 9.26. The fraction of sp³-hybridized carbons (Fsp3) is 0.300. The van der Waals surface area contributed by atoms with E-state index in [0.29, 0.717) is 17.9 Å². The molecule has 1 atom stereocenters. The predicted octanol–water partition coefficient (Wildman–Crippen LogP) is 4.57. The lowest BCUT2D eigenvalue weighted by atomic mass is 10.0. The second-order valence-corrected chi connectivity index (χ2v) is 6.77. The van der Waals surface area contributed by atoms with Crippen LogP contribution in [-0.4, -0.2) is 24.5 Å². The maximum absolute atomic E-state index is 12.9. The summed E-state index contributed by atoms with van der Waals surface area (Å²) in [4.78, 5) is 24.5. The maximum Gasteiger partial charge on any atom is 0.305 e. The van der Waals surface area contributed by atoms with E-state index < -0.39 is 6.10 Å². The zero-order chi connectivity index (χ0) is 18.2. The van der Waals surface area contributed by atoms with Crippen molar-refractivity contribution in [1.29, 1.82) is 0 Å². The molecule has 1 unspecified atom stereocenters. The van der Waals surface area contributed by atoms with Gasteiger partial charge in [-0.25, -0.2) is 0 Å². The molecule has 0 aliphatic rings. The van der Waals surface area contributed by atoms with E-state index in [-0.39, 0.29) is 24.6 Å². The van der Waals surface area contributed by atoms with Crippen LogP contribution in [-0.2, 0) is 9.53 Å². The SMILES string of the molecule is CCOC(=O)CCC(Oc1ccccc1I)C(=O)c1ccc(C)cc1. The zero-order valence-corrected chi connectivity index (χ0v) is 16.5. The molecule has 0 spiro atoms. The van der Waals surface area contributed by atoms with Crippen LogP contribution in [0.4, 0.5) is 0 Å². The monoisotopic (exact) mass is 452 g/mol. The minimum atomic E-state index is -0.733. The van der Waals surface area contributed by atoms with Gasteiger partial charge in [0.1, 0.15) is 5.75 Å². The van der Waals surface area contributed by atoms with E-state index >= 15 is 0 Å². The molecule has 0 aliphatic heterocycles. The molecule has 2 rings (SSSR count). The van der Waals surface area contributed by atoms with Gasteiger partial charge in [0.25, 0.3) is 0 Å². The maximum atomic E-state index is 12.9. The number of benzene rings is 2. The van der Waals surface area contributed by atoms with Gasteiger partial charge in [-0.3, -0.25) is 9.59 Å². The molecule has 5 heteroatoms. The fourth-order valence-electron chi connectivity index (χ4n) is 2.32. The van der Waals surface area contributed by atoms with Crippen molar-refractivity contribution in [3.63, 3.8) is 0 Å². The molecular weight excluding hydrogens is 431 g/mol. The molecule has 0 heterocycles. The summed E-state index contributed by atoms with van der Waals surface area (Å²) in [5.74, 6) is 0.178. The Bertz CT molecular complexity index is 725. The molecule has 0 N–H and O–H groups in total. The third-order valence-corrected chi connectivity index (χ3v) is 4.54. The Morgan fingerprint density at radius 1 is 1.08 bits per heavy atom. The van der Waals surface area contributed by atoms with E-state index in [1.165, 1.54) is 0 Å². The molecule has 0 saturated heterocycles. The van der Waals surface area contributed by atoms with Crippen molar-refractivity contribution in [2.75, 3.05) is 6.61 Å². The molecule has 25 heavy (non-hydrogen) atoms. The number of para-hydroxylation sites is 1. The van der Waals surface area contributed by atoms with Crippen molar-refractivity contribution in [3.8, 4) is 5.75 Å². The summed E-state index contributed by atoms with van der Waals surface area (Å²) in [6.07, 6.45) is -0.321. The number of Topliss-reactive ketones (excluding diaryl/α,β-unsaturated/α-hetero) is 1. The molecule has 0 amide bonds. The molecule has 2 aromatic carbocycles. The Balaban J connectivity index is 2.18. The molecule has 0 radical (unpaired) electrons. The lowest BCUT2D eigenvalue weighted by Crippen LogP contribution is -2.29. The summed E-state index contributed by atoms with van der Waals surface area (Å²) in [6.45, 7) is 4.05. The largest absolute Gasteiger partial charge is 0.481 e. The molecule has 0 fully saturated rings. The van der Waals surface area contributed by atoms with Gasteiger partial charge in [0, 0.05) is 18.4 Å². The third kappa shape index (κ3) is 5.85. The van der Waals surface area contributed by atoms with Crippen LogP contribution in [0.2, 0.25) is 0 Å². The van der Waals surface area contributed by atoms with Crippen LogP contribution in [0.5, 0.6) is 5.75 Å². The van der Waals surface area contributed by atoms with Gasteiger partial charge in [0.05, 0.1) is 10.2 Å². The van der Waals surface area contributed by atoms with Crippen molar-refractivity contribution >= 4 is 34.3 Å². The van der Waals surface area contributed by atoms with Crippen LogP contribution >= 0.6 is 22.6 Å². The molecular formula is C20H21IO4. The molecule has 0 aliphatic carbocycles. The van der Waals surface area contributed by atoms with Crippen molar-refractivity contribution in [1.82, 2.24) is 0 Å². The van der Waals surface area contributed by atoms with Gasteiger partial charge < -0.3 is 9.47 Å². The summed E-state index contributed by atoms with van der Waals surface area (Å²) in [5, 5.41) is 0. The Hall–Kier alpha value is -1.89. The number of ether oxygens (including phenoxy) is 2. The first-order valence-electron chi connectivity index (χ1n) is 8.19. The van der Waals surface area contributed by atoms with Gasteiger partial charge in [0.15, 0.2) is 6.10 Å². The summed E-state index contributed by atoms with van der Waals surface area (Å²) in [7, 11) is 0. The summed E-state index contributed by atoms with van der Waals surface area (Å²) in [5.41, 5.74) is 1.66. The number of carbonyl (C=O) groups excluding carboxylic acids is 2. The number of rotatable bonds is 8. The smallest absolute Gasteiger partial charge is 0.305 e. The average molecular weight is 452 g/mol. The van der Waals surface area contributed by atoms with E-state index in [1.54, 1.807) is 19.1 Å². The lowest BCUT2D eigenvalue weighted by Gasteiger charge is -2.19. The van der Waals surface area contributed by atoms with Gasteiger partial charge in [-0.05, 0) is 48.6 Å². The summed E-state index contributed by atoms with van der Waals surface area (Å²) >= 11 is 2.16. The summed E-state index contributed by atoms with van der Waals surface area (Å²) < 4.78 is 11.8. The van der Waals surface area contributed by atoms with Gasteiger partial charge in [-0.1, -0.05) is 42.0 Å². The number of hydrogen-bond donors (Lipinski definition) is 0. The minimum Gasteiger partial charge on any atom is -0.481 e. The van der Waals surface area contributed by atoms with Crippen LogP contribution in [0.3, 0.4) is 0 Å². The predicted molar refractivity (Wildman–Crippen MR) is 105 cm³/mol. The van der Waals surface area contributed by atoms with Gasteiger partial charge in [-0.2, -0.15) is 0 Å². The second kappa shape index (κ2) is 9.56. The van der Waals surface area contributed by atoms with E-state index in [1.807, 2.05) is 43.3 Å². The Morgan fingerprint density at radius 3 is 2.40 bits per heavy atom. The Kier molecular flexibility index (Phi) is 7.43. The number of esters is 1. The highest BCUT2D eigenvalue weighted by Gasteiger charge is 2.24. The Labute approximate surface area is 161 Å². The van der Waals surface area contributed by atoms with Crippen LogP contribution in [0.25, 0.3) is 0 Å². The van der Waals surface area contributed by atoms with Crippen LogP contribution in [0.15, 0.2) is 48.5 Å². The Morgan fingerprint density at radius 2 is 1.76 bits per heavy atom. The molecule has 0 bridgehead atoms. The number of carbonyl (C=O) groups is 2. The van der Waals surface area contributed by atoms with E-state index in [0.717, 1.165) is 9.13 Å². The zero-order valence-electron chi connectivity index (χ0n) is 14.3. The number of halogens is 1. The number of hydrogen-bond acceptors (Lipinski definition) is 4. The summed E-state index contributed by atoms with van der Waals surface area (Å²) in [6, 6.07) is 14.9. The molecule has 4 nitrogen and oxygen atoms in total. The average Bonchev–Trinajstić information content (AvgIpc) is 2.60. The highest BCUT2D eigenvalue weighted by atomic mass is 127. The van der Waals surface area contributed by atoms with Gasteiger partial charge in [0.2, 0.25) is 5.78 Å². The third-order valence-electron chi connectivity index (χ3n) is 3.65. The van der Waals surface area contributed by atoms with Crippen molar-refractivity contribution in [3.05, 3.63) is 63.2 Å². The fourth-order valence-corrected chi connectivity index (χ4v) is 2.84. The number of ketones is 1. The highest BCUT2D eigenvalue weighted by Crippen LogP contribution is 2.23. The van der Waals surface area contributed by atoms with E-state index in [4.69, 9.17) is 9.47 Å². The molecule has 0 aromatic heterocycles. The standard InChI is InChI=1S/C20H21IO4/c1-3-24-19(22)13-12-18(25-17-7-5-4-6-16(17)21)20(23)15-10-8-14(2)9-11-15/h4-11,18H,3,12-13H2,1-2H3. The van der Waals surface area contributed by atoms with Gasteiger partial charge in [-0.15, -0.1) is 0 Å². The first-order chi connectivity index (χ1) is 12.0.